The molecule has 3 aromatic rings. The van der Waals surface area contributed by atoms with Gasteiger partial charge in [-0.15, -0.1) is 0 Å². The Hall–Kier alpha value is -2.34. The van der Waals surface area contributed by atoms with Gasteiger partial charge in [0.2, 0.25) is 0 Å². The second-order valence-corrected chi connectivity index (χ2v) is 11.8. The number of nitrogens with zero attached hydrogens (tertiary/aromatic N) is 2. The lowest BCUT2D eigenvalue weighted by atomic mass is 10.2. The lowest BCUT2D eigenvalue weighted by molar-refractivity contribution is 0.0993. The minimum Gasteiger partial charge on any atom is -0.380 e. The van der Waals surface area contributed by atoms with Crippen molar-refractivity contribution < 1.29 is 26.4 Å². The van der Waals surface area contributed by atoms with Crippen molar-refractivity contribution in [2.45, 2.75) is 23.3 Å². The Morgan fingerprint density at radius 1 is 1.06 bits per heavy atom. The molecule has 0 spiro atoms. The molecule has 31 heavy (non-hydrogen) atoms. The molecule has 11 heteroatoms. The highest BCUT2D eigenvalue weighted by atomic mass is 32.2. The quantitative estimate of drug-likeness (QED) is 0.478. The fourth-order valence-electron chi connectivity index (χ4n) is 3.00. The molecule has 1 amide bonds. The number of hydrogen-bond acceptors (Lipinski definition) is 7. The van der Waals surface area contributed by atoms with Gasteiger partial charge in [0, 0.05) is 25.7 Å². The van der Waals surface area contributed by atoms with E-state index in [0.717, 1.165) is 23.8 Å². The van der Waals surface area contributed by atoms with Crippen LogP contribution in [0.5, 0.6) is 0 Å². The third-order valence-electron chi connectivity index (χ3n) is 4.46. The van der Waals surface area contributed by atoms with Crippen LogP contribution in [0.4, 0.5) is 0 Å². The monoisotopic (exact) mass is 482 g/mol. The van der Waals surface area contributed by atoms with Crippen LogP contribution in [-0.4, -0.2) is 53.0 Å². The Bertz CT molecular complexity index is 1420. The van der Waals surface area contributed by atoms with Crippen LogP contribution in [0.2, 0.25) is 0 Å². The van der Waals surface area contributed by atoms with Gasteiger partial charge >= 0.3 is 0 Å². The summed E-state index contributed by atoms with van der Waals surface area (Å²) in [5.74, 6) is -0.693. The number of fused-ring (bicyclic) bond motifs is 1. The number of carbonyl (C=O) groups is 1. The number of amides is 1. The van der Waals surface area contributed by atoms with Crippen LogP contribution in [0.3, 0.4) is 0 Å². The molecule has 1 heterocycles. The van der Waals surface area contributed by atoms with E-state index in [9.17, 15) is 21.6 Å². The summed E-state index contributed by atoms with van der Waals surface area (Å²) >= 11 is 1.15. The molecule has 0 bridgehead atoms. The normalized spacial score (nSPS) is 13.1. The zero-order valence-corrected chi connectivity index (χ0v) is 19.7. The molecule has 0 aliphatic carbocycles. The van der Waals surface area contributed by atoms with Gasteiger partial charge in [-0.2, -0.15) is 4.99 Å². The number of benzene rings is 2. The zero-order chi connectivity index (χ0) is 22.8. The Kier molecular flexibility index (Phi) is 6.79. The predicted octanol–water partition coefficient (Wildman–Crippen LogP) is 2.29. The van der Waals surface area contributed by atoms with Gasteiger partial charge in [-0.05, 0) is 37.3 Å². The minimum atomic E-state index is -3.62. The first kappa shape index (κ1) is 23.3. The van der Waals surface area contributed by atoms with Gasteiger partial charge in [0.05, 0.1) is 32.2 Å². The molecule has 0 radical (unpaired) electrons. The largest absolute Gasteiger partial charge is 0.380 e. The van der Waals surface area contributed by atoms with E-state index >= 15 is 0 Å². The van der Waals surface area contributed by atoms with E-state index in [-0.39, 0.29) is 15.4 Å². The maximum atomic E-state index is 12.9. The highest BCUT2D eigenvalue weighted by Crippen LogP contribution is 2.22. The minimum absolute atomic E-state index is 0.0179. The average molecular weight is 483 g/mol. The van der Waals surface area contributed by atoms with E-state index in [1.165, 1.54) is 18.2 Å². The van der Waals surface area contributed by atoms with E-state index in [2.05, 4.69) is 4.99 Å². The summed E-state index contributed by atoms with van der Waals surface area (Å²) in [7, 11) is -7.01. The van der Waals surface area contributed by atoms with Gasteiger partial charge in [-0.25, -0.2) is 16.8 Å². The standard InChI is InChI=1S/C20H22N2O6S3/c1-4-28-12-11-22-16-10-9-14(30(2,24)25)13-17(16)29-20(22)21-19(23)15-7-5-6-8-18(15)31(3,26)27/h5-10,13H,4,11-12H2,1-3H3. The second-order valence-electron chi connectivity index (χ2n) is 6.82. The molecule has 1 aromatic heterocycles. The first-order chi connectivity index (χ1) is 14.5. The molecule has 0 atom stereocenters. The third-order valence-corrected chi connectivity index (χ3v) is 7.77. The molecule has 0 aliphatic rings. The van der Waals surface area contributed by atoms with Crippen LogP contribution in [0.1, 0.15) is 17.3 Å². The summed E-state index contributed by atoms with van der Waals surface area (Å²) in [6.45, 7) is 3.16. The van der Waals surface area contributed by atoms with Gasteiger partial charge in [0.1, 0.15) is 0 Å². The van der Waals surface area contributed by atoms with Crippen molar-refractivity contribution in [3.63, 3.8) is 0 Å². The van der Waals surface area contributed by atoms with Gasteiger partial charge in [-0.3, -0.25) is 4.79 Å². The number of rotatable bonds is 7. The van der Waals surface area contributed by atoms with Crippen LogP contribution in [0, 0.1) is 0 Å². The molecule has 0 unspecified atom stereocenters. The van der Waals surface area contributed by atoms with Crippen LogP contribution in [0.15, 0.2) is 57.2 Å². The number of aromatic nitrogens is 1. The maximum absolute atomic E-state index is 12.9. The van der Waals surface area contributed by atoms with Crippen molar-refractivity contribution in [2.24, 2.45) is 4.99 Å². The average Bonchev–Trinajstić information content (AvgIpc) is 3.03. The first-order valence-electron chi connectivity index (χ1n) is 9.31. The summed E-state index contributed by atoms with van der Waals surface area (Å²) in [4.78, 5) is 17.5. The van der Waals surface area contributed by atoms with Gasteiger partial charge in [-0.1, -0.05) is 23.5 Å². The van der Waals surface area contributed by atoms with E-state index in [1.807, 2.05) is 6.92 Å². The summed E-state index contributed by atoms with van der Waals surface area (Å²) < 4.78 is 55.8. The van der Waals surface area contributed by atoms with Gasteiger partial charge < -0.3 is 9.30 Å². The molecule has 3 rings (SSSR count). The molecule has 0 aliphatic heterocycles. The molecule has 0 N–H and O–H groups in total. The van der Waals surface area contributed by atoms with Crippen molar-refractivity contribution in [3.05, 3.63) is 52.8 Å². The molecule has 0 saturated carbocycles. The number of ether oxygens (including phenoxy) is 1. The van der Waals surface area contributed by atoms with Crippen LogP contribution in [0.25, 0.3) is 10.2 Å². The summed E-state index contributed by atoms with van der Waals surface area (Å²) in [5, 5.41) is 0. The first-order valence-corrected chi connectivity index (χ1v) is 13.9. The lowest BCUT2D eigenvalue weighted by Crippen LogP contribution is -2.20. The van der Waals surface area contributed by atoms with E-state index < -0.39 is 25.6 Å². The van der Waals surface area contributed by atoms with Crippen molar-refractivity contribution >= 4 is 47.1 Å². The van der Waals surface area contributed by atoms with E-state index in [1.54, 1.807) is 28.8 Å². The lowest BCUT2D eigenvalue weighted by Gasteiger charge is -2.06. The molecule has 8 nitrogen and oxygen atoms in total. The molecular formula is C20H22N2O6S3. The summed E-state index contributed by atoms with van der Waals surface area (Å²) in [5.41, 5.74) is 0.690. The smallest absolute Gasteiger partial charge is 0.280 e. The van der Waals surface area contributed by atoms with Gasteiger partial charge in [0.25, 0.3) is 5.91 Å². The third kappa shape index (κ3) is 5.29. The number of carbonyl (C=O) groups excluding carboxylic acids is 1. The maximum Gasteiger partial charge on any atom is 0.280 e. The van der Waals surface area contributed by atoms with E-state index in [4.69, 9.17) is 4.74 Å². The molecular weight excluding hydrogens is 460 g/mol. The molecule has 2 aromatic carbocycles. The predicted molar refractivity (Wildman–Crippen MR) is 119 cm³/mol. The number of hydrogen-bond donors (Lipinski definition) is 0. The zero-order valence-electron chi connectivity index (χ0n) is 17.2. The van der Waals surface area contributed by atoms with Crippen molar-refractivity contribution in [3.8, 4) is 0 Å². The highest BCUT2D eigenvalue weighted by molar-refractivity contribution is 7.91. The Balaban J connectivity index is 2.19. The Morgan fingerprint density at radius 3 is 2.42 bits per heavy atom. The van der Waals surface area contributed by atoms with Crippen LogP contribution in [-0.2, 0) is 31.0 Å². The molecule has 0 saturated heterocycles. The van der Waals surface area contributed by atoms with Gasteiger partial charge in [0.15, 0.2) is 24.5 Å². The van der Waals surface area contributed by atoms with Crippen LogP contribution < -0.4 is 4.80 Å². The number of sulfone groups is 2. The Morgan fingerprint density at radius 2 is 1.77 bits per heavy atom. The van der Waals surface area contributed by atoms with Crippen molar-refractivity contribution in [1.29, 1.82) is 0 Å². The molecule has 166 valence electrons. The summed E-state index contributed by atoms with van der Waals surface area (Å²) in [6, 6.07) is 10.6. The van der Waals surface area contributed by atoms with Crippen molar-refractivity contribution in [1.82, 2.24) is 4.57 Å². The Labute approximate surface area is 184 Å². The fraction of sp³-hybridized carbons (Fsp3) is 0.300. The topological polar surface area (TPSA) is 112 Å². The van der Waals surface area contributed by atoms with Crippen LogP contribution >= 0.6 is 11.3 Å². The SMILES string of the molecule is CCOCCn1c(=NC(=O)c2ccccc2S(C)(=O)=O)sc2cc(S(C)(=O)=O)ccc21. The molecule has 0 fully saturated rings. The summed E-state index contributed by atoms with van der Waals surface area (Å²) in [6.07, 6.45) is 2.16. The highest BCUT2D eigenvalue weighted by Gasteiger charge is 2.19. The fourth-order valence-corrected chi connectivity index (χ4v) is 5.70. The number of thiazole rings is 1. The second kappa shape index (κ2) is 9.03. The van der Waals surface area contributed by atoms with Crippen molar-refractivity contribution in [2.75, 3.05) is 25.7 Å². The van der Waals surface area contributed by atoms with E-state index in [0.29, 0.717) is 34.8 Å².